The average molecular weight is 280 g/mol. The fraction of sp³-hybridized carbons (Fsp3) is 0.167. The summed E-state index contributed by atoms with van der Waals surface area (Å²) in [4.78, 5) is 12.1. The topological polar surface area (TPSA) is 41.1 Å². The van der Waals surface area contributed by atoms with E-state index in [4.69, 9.17) is 0 Å². The highest BCUT2D eigenvalue weighted by atomic mass is 16.2. The van der Waals surface area contributed by atoms with Crippen LogP contribution in [0.2, 0.25) is 0 Å². The van der Waals surface area contributed by atoms with E-state index in [2.05, 4.69) is 17.4 Å². The molecular formula is C18H20N2O. The Morgan fingerprint density at radius 3 is 2.24 bits per heavy atom. The van der Waals surface area contributed by atoms with E-state index < -0.39 is 5.54 Å². The third kappa shape index (κ3) is 3.80. The number of amides is 1. The molecule has 2 aromatic rings. The average Bonchev–Trinajstić information content (AvgIpc) is 2.54. The van der Waals surface area contributed by atoms with Gasteiger partial charge in [0.2, 0.25) is 0 Å². The third-order valence-electron chi connectivity index (χ3n) is 3.45. The van der Waals surface area contributed by atoms with Gasteiger partial charge in [-0.1, -0.05) is 54.6 Å². The highest BCUT2D eigenvalue weighted by Gasteiger charge is 2.25. The minimum absolute atomic E-state index is 0.151. The zero-order valence-electron chi connectivity index (χ0n) is 12.2. The Kier molecular flexibility index (Phi) is 4.90. The maximum absolute atomic E-state index is 12.1. The van der Waals surface area contributed by atoms with E-state index in [9.17, 15) is 4.79 Å². The molecule has 0 fully saturated rings. The normalized spacial score (nSPS) is 13.2. The van der Waals surface area contributed by atoms with E-state index in [0.717, 1.165) is 5.56 Å². The maximum atomic E-state index is 12.1. The van der Waals surface area contributed by atoms with Gasteiger partial charge < -0.3 is 0 Å². The molecule has 2 N–H and O–H groups in total. The van der Waals surface area contributed by atoms with E-state index in [1.54, 1.807) is 12.1 Å². The van der Waals surface area contributed by atoms with E-state index in [1.807, 2.05) is 61.5 Å². The SMILES string of the molecule is C=CC[C@](C)(NNC(=O)c1ccccc1)c1ccccc1. The first-order valence-corrected chi connectivity index (χ1v) is 6.95. The first-order chi connectivity index (χ1) is 10.2. The van der Waals surface area contributed by atoms with Gasteiger partial charge in [-0.15, -0.1) is 6.58 Å². The summed E-state index contributed by atoms with van der Waals surface area (Å²) >= 11 is 0. The van der Waals surface area contributed by atoms with Crippen LogP contribution in [0, 0.1) is 0 Å². The Morgan fingerprint density at radius 1 is 1.10 bits per heavy atom. The Bertz CT molecular complexity index is 595. The Hall–Kier alpha value is -2.39. The van der Waals surface area contributed by atoms with Crippen molar-refractivity contribution in [2.24, 2.45) is 0 Å². The Morgan fingerprint density at radius 2 is 1.67 bits per heavy atom. The van der Waals surface area contributed by atoms with Crippen molar-refractivity contribution in [1.29, 1.82) is 0 Å². The maximum Gasteiger partial charge on any atom is 0.265 e. The molecule has 0 aliphatic rings. The molecule has 0 aliphatic heterocycles. The summed E-state index contributed by atoms with van der Waals surface area (Å²) in [6, 6.07) is 19.1. The van der Waals surface area contributed by atoms with Gasteiger partial charge in [-0.3, -0.25) is 10.2 Å². The first-order valence-electron chi connectivity index (χ1n) is 6.95. The lowest BCUT2D eigenvalue weighted by molar-refractivity contribution is 0.0907. The third-order valence-corrected chi connectivity index (χ3v) is 3.45. The van der Waals surface area contributed by atoms with Crippen LogP contribution in [-0.4, -0.2) is 5.91 Å². The van der Waals surface area contributed by atoms with Gasteiger partial charge in [0.1, 0.15) is 0 Å². The van der Waals surface area contributed by atoms with Crippen LogP contribution in [0.15, 0.2) is 73.3 Å². The van der Waals surface area contributed by atoms with Crippen LogP contribution < -0.4 is 10.9 Å². The molecule has 0 aromatic heterocycles. The fourth-order valence-corrected chi connectivity index (χ4v) is 2.19. The molecule has 21 heavy (non-hydrogen) atoms. The Labute approximate surface area is 125 Å². The summed E-state index contributed by atoms with van der Waals surface area (Å²) in [6.07, 6.45) is 2.54. The molecule has 0 saturated carbocycles. The minimum atomic E-state index is -0.395. The zero-order valence-corrected chi connectivity index (χ0v) is 12.2. The lowest BCUT2D eigenvalue weighted by Crippen LogP contribution is -2.50. The number of benzene rings is 2. The van der Waals surface area contributed by atoms with Crippen molar-refractivity contribution in [2.75, 3.05) is 0 Å². The highest BCUT2D eigenvalue weighted by molar-refractivity contribution is 5.93. The zero-order chi connectivity index (χ0) is 15.1. The molecule has 108 valence electrons. The van der Waals surface area contributed by atoms with E-state index in [1.165, 1.54) is 0 Å². The van der Waals surface area contributed by atoms with Crippen molar-refractivity contribution < 1.29 is 4.79 Å². The van der Waals surface area contributed by atoms with Crippen LogP contribution in [0.25, 0.3) is 0 Å². The molecule has 0 bridgehead atoms. The number of carbonyl (C=O) groups excluding carboxylic acids is 1. The largest absolute Gasteiger partial charge is 0.287 e. The molecule has 2 aromatic carbocycles. The van der Waals surface area contributed by atoms with Gasteiger partial charge in [0.25, 0.3) is 5.91 Å². The smallest absolute Gasteiger partial charge is 0.265 e. The summed E-state index contributed by atoms with van der Waals surface area (Å²) in [6.45, 7) is 5.84. The minimum Gasteiger partial charge on any atom is -0.287 e. The molecule has 0 unspecified atom stereocenters. The van der Waals surface area contributed by atoms with E-state index >= 15 is 0 Å². The van der Waals surface area contributed by atoms with Crippen LogP contribution in [-0.2, 0) is 5.54 Å². The molecule has 3 heteroatoms. The number of hydrogen-bond acceptors (Lipinski definition) is 2. The van der Waals surface area contributed by atoms with Crippen LogP contribution in [0.4, 0.5) is 0 Å². The summed E-state index contributed by atoms with van der Waals surface area (Å²) < 4.78 is 0. The van der Waals surface area contributed by atoms with Crippen molar-refractivity contribution in [1.82, 2.24) is 10.9 Å². The van der Waals surface area contributed by atoms with Crippen molar-refractivity contribution in [3.05, 3.63) is 84.4 Å². The molecule has 1 amide bonds. The van der Waals surface area contributed by atoms with Gasteiger partial charge in [-0.25, -0.2) is 5.43 Å². The molecule has 0 radical (unpaired) electrons. The molecular weight excluding hydrogens is 260 g/mol. The molecule has 2 rings (SSSR count). The molecule has 0 spiro atoms. The van der Waals surface area contributed by atoms with Gasteiger partial charge in [0.05, 0.1) is 5.54 Å². The first kappa shape index (κ1) is 15.0. The second-order valence-electron chi connectivity index (χ2n) is 5.14. The van der Waals surface area contributed by atoms with Gasteiger partial charge in [-0.2, -0.15) is 0 Å². The number of nitrogens with one attached hydrogen (secondary N) is 2. The molecule has 0 aliphatic carbocycles. The molecule has 0 saturated heterocycles. The Balaban J connectivity index is 2.10. The van der Waals surface area contributed by atoms with Crippen molar-refractivity contribution in [2.45, 2.75) is 18.9 Å². The van der Waals surface area contributed by atoms with Crippen LogP contribution >= 0.6 is 0 Å². The second-order valence-corrected chi connectivity index (χ2v) is 5.14. The summed E-state index contributed by atoms with van der Waals surface area (Å²) in [7, 11) is 0. The van der Waals surface area contributed by atoms with Crippen molar-refractivity contribution in [3.63, 3.8) is 0 Å². The van der Waals surface area contributed by atoms with Crippen molar-refractivity contribution in [3.8, 4) is 0 Å². The second kappa shape index (κ2) is 6.86. The molecule has 3 nitrogen and oxygen atoms in total. The quantitative estimate of drug-likeness (QED) is 0.629. The highest BCUT2D eigenvalue weighted by Crippen LogP contribution is 2.24. The van der Waals surface area contributed by atoms with Crippen LogP contribution in [0.5, 0.6) is 0 Å². The summed E-state index contributed by atoms with van der Waals surface area (Å²) in [5.41, 5.74) is 7.25. The van der Waals surface area contributed by atoms with Gasteiger partial charge in [-0.05, 0) is 31.0 Å². The predicted molar refractivity (Wildman–Crippen MR) is 85.7 cm³/mol. The number of rotatable bonds is 6. The number of carbonyl (C=O) groups is 1. The monoisotopic (exact) mass is 280 g/mol. The van der Waals surface area contributed by atoms with E-state index in [-0.39, 0.29) is 5.91 Å². The summed E-state index contributed by atoms with van der Waals surface area (Å²) in [5, 5.41) is 0. The van der Waals surface area contributed by atoms with Gasteiger partial charge >= 0.3 is 0 Å². The lowest BCUT2D eigenvalue weighted by Gasteiger charge is -2.30. The van der Waals surface area contributed by atoms with Crippen LogP contribution in [0.3, 0.4) is 0 Å². The summed E-state index contributed by atoms with van der Waals surface area (Å²) in [5.74, 6) is -0.151. The molecule has 1 atom stereocenters. The standard InChI is InChI=1S/C18H20N2O/c1-3-14-18(2,16-12-8-5-9-13-16)20-19-17(21)15-10-6-4-7-11-15/h3-13,20H,1,14H2,2H3,(H,19,21)/t18-/m0/s1. The predicted octanol–water partition coefficient (Wildman–Crippen LogP) is 3.41. The number of hydrazine groups is 1. The fourth-order valence-electron chi connectivity index (χ4n) is 2.19. The van der Waals surface area contributed by atoms with Crippen LogP contribution in [0.1, 0.15) is 29.3 Å². The van der Waals surface area contributed by atoms with Crippen molar-refractivity contribution >= 4 is 5.91 Å². The van der Waals surface area contributed by atoms with Gasteiger partial charge in [0, 0.05) is 5.56 Å². The lowest BCUT2D eigenvalue weighted by atomic mass is 9.89. The molecule has 0 heterocycles. The van der Waals surface area contributed by atoms with Gasteiger partial charge in [0.15, 0.2) is 0 Å². The number of hydrogen-bond donors (Lipinski definition) is 2. The van der Waals surface area contributed by atoms with E-state index in [0.29, 0.717) is 12.0 Å².